The SMILES string of the molecule is CCCCCCCCCCCCCCCC(=O)N(CCCN(C)C)C1CCC(N(CCCN(C)C)C(=O)CCCCCCCCCCCCCCC)CC1.O=[N+](O)O. The maximum Gasteiger partial charge on any atom is 0.472 e. The molecule has 0 aromatic rings. The molecule has 0 aromatic heterocycles. The molecule has 0 bridgehead atoms. The van der Waals surface area contributed by atoms with Gasteiger partial charge in [-0.15, -0.1) is 0 Å². The first-order valence-corrected chi connectivity index (χ1v) is 24.8. The fourth-order valence-corrected chi connectivity index (χ4v) is 8.69. The van der Waals surface area contributed by atoms with E-state index in [0.29, 0.717) is 36.7 Å². The van der Waals surface area contributed by atoms with Crippen LogP contribution >= 0.6 is 0 Å². The van der Waals surface area contributed by atoms with Crippen LogP contribution in [0.2, 0.25) is 0 Å². The van der Waals surface area contributed by atoms with Crippen LogP contribution in [0, 0.1) is 4.91 Å². The van der Waals surface area contributed by atoms with E-state index in [4.69, 9.17) is 15.3 Å². The molecule has 2 amide bonds. The van der Waals surface area contributed by atoms with Gasteiger partial charge in [0, 0.05) is 38.0 Å². The van der Waals surface area contributed by atoms with Gasteiger partial charge in [-0.3, -0.25) is 9.59 Å². The highest BCUT2D eigenvalue weighted by atomic mass is 16.9. The van der Waals surface area contributed by atoms with Gasteiger partial charge in [0.1, 0.15) is 4.91 Å². The Morgan fingerprint density at radius 2 is 0.638 bits per heavy atom. The van der Waals surface area contributed by atoms with Gasteiger partial charge in [0.2, 0.25) is 11.8 Å². The maximum absolute atomic E-state index is 13.7. The van der Waals surface area contributed by atoms with E-state index < -0.39 is 5.09 Å². The first kappa shape index (κ1) is 56.1. The Hall–Kier alpha value is -1.94. The maximum atomic E-state index is 13.7. The molecule has 10 nitrogen and oxygen atoms in total. The minimum atomic E-state index is -1.25. The summed E-state index contributed by atoms with van der Waals surface area (Å²) in [6.45, 7) is 8.36. The van der Waals surface area contributed by atoms with Crippen LogP contribution in [-0.2, 0) is 9.59 Å². The predicted octanol–water partition coefficient (Wildman–Crippen LogP) is 12.4. The number of amides is 2. The second-order valence-electron chi connectivity index (χ2n) is 18.2. The Balaban J connectivity index is 0.00000773. The van der Waals surface area contributed by atoms with Crippen LogP contribution in [-0.4, -0.2) is 113 Å². The van der Waals surface area contributed by atoms with Gasteiger partial charge in [0.25, 0.3) is 0 Å². The molecule has 0 heterocycles. The number of unbranched alkanes of at least 4 members (excludes halogenated alkanes) is 24. The summed E-state index contributed by atoms with van der Waals surface area (Å²) in [6.07, 6.45) is 42.3. The van der Waals surface area contributed by atoms with Crippen LogP contribution in [0.3, 0.4) is 0 Å². The number of hydrogen-bond donors (Lipinski definition) is 2. The lowest BCUT2D eigenvalue weighted by Gasteiger charge is -2.41. The van der Waals surface area contributed by atoms with Crippen molar-refractivity contribution in [3.05, 3.63) is 4.91 Å². The molecule has 0 unspecified atom stereocenters. The molecule has 0 aromatic carbocycles. The van der Waals surface area contributed by atoms with Gasteiger partial charge in [0.05, 0.1) is 0 Å². The largest absolute Gasteiger partial charge is 0.472 e. The first-order chi connectivity index (χ1) is 28.0. The minimum absolute atomic E-state index is 0.331. The van der Waals surface area contributed by atoms with Crippen molar-refractivity contribution in [3.8, 4) is 0 Å². The molecule has 0 spiro atoms. The van der Waals surface area contributed by atoms with Crippen molar-refractivity contribution >= 4 is 11.8 Å². The van der Waals surface area contributed by atoms with Crippen molar-refractivity contribution in [2.24, 2.45) is 0 Å². The van der Waals surface area contributed by atoms with Gasteiger partial charge in [-0.05, 0) is 92.6 Å². The highest BCUT2D eigenvalue weighted by molar-refractivity contribution is 5.77. The van der Waals surface area contributed by atoms with Crippen molar-refractivity contribution in [1.82, 2.24) is 19.6 Å². The molecule has 1 aliphatic rings. The quantitative estimate of drug-likeness (QED) is 0.0471. The van der Waals surface area contributed by atoms with Crippen molar-refractivity contribution in [3.63, 3.8) is 0 Å². The summed E-state index contributed by atoms with van der Waals surface area (Å²) in [5.41, 5.74) is 0. The van der Waals surface area contributed by atoms with Gasteiger partial charge in [-0.25, -0.2) is 10.4 Å². The minimum Gasteiger partial charge on any atom is -0.340 e. The lowest BCUT2D eigenvalue weighted by molar-refractivity contribution is -0.969. The number of carbonyl (C=O) groups excluding carboxylic acids is 2. The summed E-state index contributed by atoms with van der Waals surface area (Å²) >= 11 is 0. The van der Waals surface area contributed by atoms with E-state index in [1.165, 1.54) is 154 Å². The molecule has 58 heavy (non-hydrogen) atoms. The number of carbonyl (C=O) groups is 2. The van der Waals surface area contributed by atoms with Gasteiger partial charge in [-0.1, -0.05) is 168 Å². The average Bonchev–Trinajstić information content (AvgIpc) is 3.18. The van der Waals surface area contributed by atoms with Crippen LogP contribution in [0.5, 0.6) is 0 Å². The highest BCUT2D eigenvalue weighted by Gasteiger charge is 2.32. The molecule has 0 saturated heterocycles. The van der Waals surface area contributed by atoms with Crippen LogP contribution in [0.25, 0.3) is 0 Å². The van der Waals surface area contributed by atoms with E-state index in [1.54, 1.807) is 0 Å². The fraction of sp³-hybridized carbons (Fsp3) is 0.958. The molecule has 1 rings (SSSR count). The second-order valence-corrected chi connectivity index (χ2v) is 18.2. The third-order valence-corrected chi connectivity index (χ3v) is 12.2. The summed E-state index contributed by atoms with van der Waals surface area (Å²) in [6, 6.07) is 0.662. The smallest absolute Gasteiger partial charge is 0.340 e. The summed E-state index contributed by atoms with van der Waals surface area (Å²) in [7, 11) is 8.52. The third kappa shape index (κ3) is 34.9. The van der Waals surface area contributed by atoms with E-state index in [9.17, 15) is 9.59 Å². The lowest BCUT2D eigenvalue weighted by Crippen LogP contribution is -2.48. The molecular formula is C48H98N5O5+. The molecule has 1 saturated carbocycles. The van der Waals surface area contributed by atoms with Crippen molar-refractivity contribution in [1.29, 1.82) is 0 Å². The zero-order valence-corrected chi connectivity index (χ0v) is 39.4. The molecular weight excluding hydrogens is 727 g/mol. The molecule has 2 N–H and O–H groups in total. The zero-order valence-electron chi connectivity index (χ0n) is 39.4. The van der Waals surface area contributed by atoms with Crippen LogP contribution in [0.1, 0.15) is 232 Å². The van der Waals surface area contributed by atoms with Crippen molar-refractivity contribution < 1.29 is 25.1 Å². The Morgan fingerprint density at radius 1 is 0.414 bits per heavy atom. The van der Waals surface area contributed by atoms with Crippen LogP contribution in [0.4, 0.5) is 0 Å². The van der Waals surface area contributed by atoms with E-state index in [0.717, 1.165) is 77.5 Å². The molecule has 0 atom stereocenters. The fourth-order valence-electron chi connectivity index (χ4n) is 8.69. The monoisotopic (exact) mass is 825 g/mol. The first-order valence-electron chi connectivity index (χ1n) is 24.8. The van der Waals surface area contributed by atoms with Crippen molar-refractivity contribution in [2.45, 2.75) is 244 Å². The molecule has 0 radical (unpaired) electrons. The Bertz CT molecular complexity index is 871. The van der Waals surface area contributed by atoms with Gasteiger partial charge >= 0.3 is 5.09 Å². The van der Waals surface area contributed by atoms with E-state index >= 15 is 0 Å². The van der Waals surface area contributed by atoms with Crippen molar-refractivity contribution in [2.75, 3.05) is 54.4 Å². The topological polar surface area (TPSA) is 108 Å². The lowest BCUT2D eigenvalue weighted by atomic mass is 9.88. The number of rotatable bonds is 38. The van der Waals surface area contributed by atoms with E-state index in [1.807, 2.05) is 0 Å². The summed E-state index contributed by atoms with van der Waals surface area (Å²) in [5.74, 6) is 0.753. The number of hydrogen-bond acceptors (Lipinski definition) is 5. The summed E-state index contributed by atoms with van der Waals surface area (Å²) in [4.78, 5) is 44.9. The standard InChI is InChI=1S/C48H96N4O2.H2NO3/c1-7-9-11-13-15-17-19-21-23-25-27-29-31-35-47(53)51(43-33-41-49(3)4)45-37-39-46(40-38-45)52(44-34-42-50(5)6)48(54)36-32-30-28-26-24-22-20-18-16-14-12-10-8-2;2-1(3)4/h45-46H,7-44H2,1-6H3;(H2,2,3,4)/q;+1. The highest BCUT2D eigenvalue weighted by Crippen LogP contribution is 2.29. The van der Waals surface area contributed by atoms with Gasteiger partial charge in [0.15, 0.2) is 0 Å². The Morgan fingerprint density at radius 3 is 0.862 bits per heavy atom. The molecule has 10 heteroatoms. The van der Waals surface area contributed by atoms with E-state index in [-0.39, 0.29) is 0 Å². The Kier molecular flexibility index (Phi) is 39.1. The van der Waals surface area contributed by atoms with Gasteiger partial charge in [-0.2, -0.15) is 0 Å². The molecule has 344 valence electrons. The third-order valence-electron chi connectivity index (χ3n) is 12.2. The predicted molar refractivity (Wildman–Crippen MR) is 244 cm³/mol. The molecule has 0 aliphatic heterocycles. The van der Waals surface area contributed by atoms with Crippen LogP contribution < -0.4 is 0 Å². The molecule has 1 aliphatic carbocycles. The Labute approximate surface area is 359 Å². The zero-order chi connectivity index (χ0) is 43.1. The summed E-state index contributed by atoms with van der Waals surface area (Å²) in [5, 5.41) is 12.5. The second kappa shape index (κ2) is 40.5. The van der Waals surface area contributed by atoms with E-state index in [2.05, 4.69) is 61.6 Å². The average molecular weight is 825 g/mol. The molecule has 1 fully saturated rings. The number of nitrogens with zero attached hydrogens (tertiary/aromatic N) is 5. The normalized spacial score (nSPS) is 15.4. The van der Waals surface area contributed by atoms with Crippen LogP contribution in [0.15, 0.2) is 0 Å². The van der Waals surface area contributed by atoms with Gasteiger partial charge < -0.3 is 19.6 Å². The summed E-state index contributed by atoms with van der Waals surface area (Å²) < 4.78 is 0.